The van der Waals surface area contributed by atoms with Crippen molar-refractivity contribution in [2.45, 2.75) is 0 Å². The van der Waals surface area contributed by atoms with Gasteiger partial charge in [-0.2, -0.15) is 0 Å². The Morgan fingerprint density at radius 1 is 0.667 bits per heavy atom. The van der Waals surface area contributed by atoms with Gasteiger partial charge in [-0.25, -0.2) is 0 Å². The molecule has 0 heterocycles. The van der Waals surface area contributed by atoms with Gasteiger partial charge in [0.1, 0.15) is 0 Å². The maximum Gasteiger partial charge on any atom is 2.00 e. The minimum atomic E-state index is -1.43. The minimum absolute atomic E-state index is 0. The summed E-state index contributed by atoms with van der Waals surface area (Å²) in [7, 11) is 0. The molecule has 6 nitrogen and oxygen atoms in total. The molecule has 0 fully saturated rings. The van der Waals surface area contributed by atoms with E-state index >= 15 is 0 Å². The molecular weight excluding hydrogens is 288 g/mol. The summed E-state index contributed by atoms with van der Waals surface area (Å²) in [5.41, 5.74) is -0.579. The van der Waals surface area contributed by atoms with E-state index in [1.807, 2.05) is 0 Å². The van der Waals surface area contributed by atoms with E-state index in [-0.39, 0.29) is 34.2 Å². The van der Waals surface area contributed by atoms with Gasteiger partial charge in [-0.05, 0) is 11.1 Å². The Balaban J connectivity index is 0.000000364. The number of carboxylic acid groups (broad SMARTS) is 2. The van der Waals surface area contributed by atoms with Gasteiger partial charge in [-0.15, -0.1) is 0 Å². The third-order valence-corrected chi connectivity index (χ3v) is 2.21. The zero-order valence-corrected chi connectivity index (χ0v) is 12.2. The van der Waals surface area contributed by atoms with E-state index in [1.54, 1.807) is 0 Å². The Bertz CT molecular complexity index is 571. The Morgan fingerprint density at radius 3 is 1.14 bits per heavy atom. The van der Waals surface area contributed by atoms with Gasteiger partial charge in [0.2, 0.25) is 0 Å². The van der Waals surface area contributed by atoms with E-state index in [4.69, 9.17) is 0 Å². The molecule has 0 aliphatic heterocycles. The predicted molar refractivity (Wildman–Crippen MR) is 66.2 cm³/mol. The summed E-state index contributed by atoms with van der Waals surface area (Å²) in [4.78, 5) is 20.2. The molecule has 0 aromatic heterocycles. The molecule has 2 rings (SSSR count). The topological polar surface area (TPSA) is 126 Å². The van der Waals surface area contributed by atoms with Gasteiger partial charge in [0, 0.05) is 0 Å². The van der Waals surface area contributed by atoms with Gasteiger partial charge < -0.3 is 30.0 Å². The molecule has 21 heavy (non-hydrogen) atoms. The number of carbonyl (C=O) groups excluding carboxylic acids is 2. The fourth-order valence-electron chi connectivity index (χ4n) is 1.27. The van der Waals surface area contributed by atoms with Gasteiger partial charge in [0.15, 0.2) is 0 Å². The zero-order valence-electron chi connectivity index (χ0n) is 10.8. The number of hydrogen-bond acceptors (Lipinski definition) is 6. The molecule has 0 aliphatic rings. The molecular formula is C14H8MgO6-2. The van der Waals surface area contributed by atoms with Gasteiger partial charge in [0.25, 0.3) is 0 Å². The molecule has 2 aromatic rings. The summed E-state index contributed by atoms with van der Waals surface area (Å²) in [5, 5.41) is 41.5. The summed E-state index contributed by atoms with van der Waals surface area (Å²) in [6, 6.07) is 10.7. The third-order valence-electron chi connectivity index (χ3n) is 2.21. The van der Waals surface area contributed by atoms with Crippen molar-refractivity contribution < 1.29 is 30.0 Å². The monoisotopic (exact) mass is 296 g/mol. The second-order valence-electron chi connectivity index (χ2n) is 3.57. The van der Waals surface area contributed by atoms with Crippen molar-refractivity contribution in [3.8, 4) is 11.5 Å². The number of rotatable bonds is 2. The molecule has 0 amide bonds. The smallest absolute Gasteiger partial charge is 0.872 e. The molecule has 0 N–H and O–H groups in total. The van der Waals surface area contributed by atoms with Crippen LogP contribution >= 0.6 is 0 Å². The summed E-state index contributed by atoms with van der Waals surface area (Å²) in [6.07, 6.45) is 0. The van der Waals surface area contributed by atoms with Crippen LogP contribution in [0.25, 0.3) is 0 Å². The second kappa shape index (κ2) is 8.83. The fourth-order valence-corrected chi connectivity index (χ4v) is 1.27. The van der Waals surface area contributed by atoms with Crippen LogP contribution in [-0.2, 0) is 0 Å². The number of carboxylic acids is 2. The molecule has 104 valence electrons. The molecule has 0 spiro atoms. The molecule has 0 atom stereocenters. The molecule has 2 aromatic carbocycles. The van der Waals surface area contributed by atoms with Crippen LogP contribution in [0.15, 0.2) is 48.5 Å². The van der Waals surface area contributed by atoms with E-state index in [1.165, 1.54) is 48.5 Å². The predicted octanol–water partition coefficient (Wildman–Crippen LogP) is -2.13. The first-order valence-electron chi connectivity index (χ1n) is 5.38. The first-order valence-corrected chi connectivity index (χ1v) is 5.38. The molecule has 7 heteroatoms. The Morgan fingerprint density at radius 2 is 0.952 bits per heavy atom. The van der Waals surface area contributed by atoms with Crippen LogP contribution in [0.3, 0.4) is 0 Å². The van der Waals surface area contributed by atoms with E-state index in [2.05, 4.69) is 0 Å². The fraction of sp³-hybridized carbons (Fsp3) is 0. The van der Waals surface area contributed by atoms with Crippen LogP contribution in [0.1, 0.15) is 20.7 Å². The van der Waals surface area contributed by atoms with Crippen molar-refractivity contribution in [1.82, 2.24) is 0 Å². The van der Waals surface area contributed by atoms with E-state index in [0.717, 1.165) is 0 Å². The van der Waals surface area contributed by atoms with Crippen molar-refractivity contribution >= 4 is 35.0 Å². The first kappa shape index (κ1) is 18.7. The van der Waals surface area contributed by atoms with Gasteiger partial charge in [-0.1, -0.05) is 60.0 Å². The Kier molecular flexibility index (Phi) is 7.88. The molecule has 0 bridgehead atoms. The largest absolute Gasteiger partial charge is 2.00 e. The molecule has 0 aliphatic carbocycles. The second-order valence-corrected chi connectivity index (χ2v) is 3.57. The number of aromatic carboxylic acids is 2. The van der Waals surface area contributed by atoms with Crippen LogP contribution in [0.4, 0.5) is 0 Å². The van der Waals surface area contributed by atoms with Crippen LogP contribution in [-0.4, -0.2) is 35.0 Å². The van der Waals surface area contributed by atoms with E-state index in [9.17, 15) is 30.0 Å². The minimum Gasteiger partial charge on any atom is -0.872 e. The molecule has 0 radical (unpaired) electrons. The Labute approximate surface area is 136 Å². The number of carbonyl (C=O) groups is 2. The van der Waals surface area contributed by atoms with Gasteiger partial charge in [0.05, 0.1) is 11.9 Å². The Hall–Kier alpha value is -2.25. The number of hydrogen-bond donors (Lipinski definition) is 0. The normalized spacial score (nSPS) is 8.76. The van der Waals surface area contributed by atoms with Crippen LogP contribution in [0.2, 0.25) is 0 Å². The zero-order chi connectivity index (χ0) is 15.1. The molecule has 0 saturated carbocycles. The van der Waals surface area contributed by atoms with Crippen LogP contribution in [0.5, 0.6) is 11.5 Å². The maximum absolute atomic E-state index is 10.6. The summed E-state index contributed by atoms with van der Waals surface area (Å²) in [5.74, 6) is -3.87. The standard InChI is InChI=1S/2C7H6O3.Mg/c2*8-6-4-2-1-3-5(6)7(9)10;/h2*1-4,8H,(H,9,10);/q;;+2/p-4. The number of benzene rings is 2. The van der Waals surface area contributed by atoms with Gasteiger partial charge in [-0.3, -0.25) is 0 Å². The molecule has 0 saturated heterocycles. The summed E-state index contributed by atoms with van der Waals surface area (Å²) < 4.78 is 0. The van der Waals surface area contributed by atoms with E-state index < -0.39 is 23.4 Å². The van der Waals surface area contributed by atoms with Crippen molar-refractivity contribution in [3.05, 3.63) is 59.7 Å². The average molecular weight is 297 g/mol. The average Bonchev–Trinajstić information content (AvgIpc) is 2.40. The van der Waals surface area contributed by atoms with Crippen molar-refractivity contribution in [1.29, 1.82) is 0 Å². The molecule has 0 unspecified atom stereocenters. The van der Waals surface area contributed by atoms with Crippen LogP contribution < -0.4 is 20.4 Å². The van der Waals surface area contributed by atoms with Gasteiger partial charge >= 0.3 is 23.1 Å². The van der Waals surface area contributed by atoms with Crippen molar-refractivity contribution in [2.75, 3.05) is 0 Å². The quantitative estimate of drug-likeness (QED) is 0.582. The first-order chi connectivity index (χ1) is 9.43. The summed E-state index contributed by atoms with van der Waals surface area (Å²) in [6.45, 7) is 0. The van der Waals surface area contributed by atoms with E-state index in [0.29, 0.717) is 0 Å². The third kappa shape index (κ3) is 5.72. The van der Waals surface area contributed by atoms with Crippen LogP contribution in [0, 0.1) is 0 Å². The van der Waals surface area contributed by atoms with Crippen molar-refractivity contribution in [3.63, 3.8) is 0 Å². The SMILES string of the molecule is O=C([O-])c1ccccc1[O-].O=C([O-])c1ccccc1[O-].[Mg+2]. The number of para-hydroxylation sites is 2. The maximum atomic E-state index is 10.6. The van der Waals surface area contributed by atoms with Crippen molar-refractivity contribution in [2.24, 2.45) is 0 Å². The summed E-state index contributed by atoms with van der Waals surface area (Å²) >= 11 is 0.